The lowest BCUT2D eigenvalue weighted by Crippen LogP contribution is -2.42. The van der Waals surface area contributed by atoms with Gasteiger partial charge in [-0.15, -0.1) is 0 Å². The van der Waals surface area contributed by atoms with Gasteiger partial charge in [0, 0.05) is 25.3 Å². The number of aromatic nitrogens is 2. The van der Waals surface area contributed by atoms with Crippen LogP contribution in [0.3, 0.4) is 0 Å². The number of allylic oxidation sites excluding steroid dienone is 1. The maximum Gasteiger partial charge on any atom is 0.250 e. The summed E-state index contributed by atoms with van der Waals surface area (Å²) in [5, 5.41) is 0. The van der Waals surface area contributed by atoms with Gasteiger partial charge in [0.05, 0.1) is 24.5 Å². The van der Waals surface area contributed by atoms with Crippen LogP contribution in [0.5, 0.6) is 0 Å². The third-order valence-electron chi connectivity index (χ3n) is 4.41. The van der Waals surface area contributed by atoms with Gasteiger partial charge in [-0.3, -0.25) is 4.79 Å². The Morgan fingerprint density at radius 3 is 3.05 bits per heavy atom. The lowest BCUT2D eigenvalue weighted by atomic mass is 10.1. The first-order valence-corrected chi connectivity index (χ1v) is 7.84. The maximum atomic E-state index is 12.6. The normalized spacial score (nSPS) is 21.3. The Balaban J connectivity index is 1.77. The van der Waals surface area contributed by atoms with E-state index in [0.29, 0.717) is 13.2 Å². The summed E-state index contributed by atoms with van der Waals surface area (Å²) in [7, 11) is 0. The van der Waals surface area contributed by atoms with Crippen molar-refractivity contribution < 1.29 is 9.53 Å². The van der Waals surface area contributed by atoms with Crippen LogP contribution >= 0.6 is 0 Å². The number of amides is 1. The molecule has 0 spiro atoms. The van der Waals surface area contributed by atoms with E-state index in [1.165, 1.54) is 0 Å². The van der Waals surface area contributed by atoms with Gasteiger partial charge in [0.1, 0.15) is 5.82 Å². The minimum atomic E-state index is 0.0307. The Morgan fingerprint density at radius 2 is 2.33 bits per heavy atom. The van der Waals surface area contributed by atoms with Gasteiger partial charge in [-0.25, -0.2) is 4.98 Å². The fourth-order valence-electron chi connectivity index (χ4n) is 3.21. The summed E-state index contributed by atoms with van der Waals surface area (Å²) in [6.07, 6.45) is 7.04. The summed E-state index contributed by atoms with van der Waals surface area (Å²) in [6, 6.07) is 0.0307. The Hall–Kier alpha value is -1.62. The molecule has 1 aromatic rings. The molecule has 0 saturated heterocycles. The van der Waals surface area contributed by atoms with Crippen molar-refractivity contribution in [3.8, 4) is 0 Å². The molecule has 2 heterocycles. The first-order chi connectivity index (χ1) is 10.2. The summed E-state index contributed by atoms with van der Waals surface area (Å²) < 4.78 is 7.69. The number of hydrogen-bond donors (Lipinski definition) is 0. The van der Waals surface area contributed by atoms with Crippen molar-refractivity contribution in [3.63, 3.8) is 0 Å². The third-order valence-corrected chi connectivity index (χ3v) is 4.41. The zero-order valence-electron chi connectivity index (χ0n) is 12.8. The van der Waals surface area contributed by atoms with Crippen LogP contribution in [0.4, 0.5) is 0 Å². The average molecular weight is 289 g/mol. The second-order valence-electron chi connectivity index (χ2n) is 5.69. The first-order valence-electron chi connectivity index (χ1n) is 7.84. The van der Waals surface area contributed by atoms with Gasteiger partial charge in [0.25, 0.3) is 0 Å². The Bertz CT molecular complexity index is 562. The highest BCUT2D eigenvalue weighted by molar-refractivity contribution is 5.94. The summed E-state index contributed by atoms with van der Waals surface area (Å²) in [5.41, 5.74) is 2.09. The van der Waals surface area contributed by atoms with Crippen LogP contribution in [0.25, 0.3) is 0 Å². The van der Waals surface area contributed by atoms with Gasteiger partial charge in [-0.05, 0) is 33.1 Å². The molecule has 1 aliphatic heterocycles. The van der Waals surface area contributed by atoms with E-state index >= 15 is 0 Å². The molecule has 0 unspecified atom stereocenters. The molecule has 0 saturated carbocycles. The van der Waals surface area contributed by atoms with Crippen LogP contribution in [-0.4, -0.2) is 33.5 Å². The second-order valence-corrected chi connectivity index (χ2v) is 5.69. The number of fused-ring (bicyclic) bond motifs is 1. The molecule has 1 amide bonds. The monoisotopic (exact) mass is 289 g/mol. The predicted molar refractivity (Wildman–Crippen MR) is 79.6 cm³/mol. The molecular formula is C16H23N3O2. The molecule has 2 aliphatic rings. The van der Waals surface area contributed by atoms with Gasteiger partial charge in [0.2, 0.25) is 5.91 Å². The highest BCUT2D eigenvalue weighted by atomic mass is 16.5. The second kappa shape index (κ2) is 6.02. The quantitative estimate of drug-likeness (QED) is 0.855. The molecule has 114 valence electrons. The molecule has 0 fully saturated rings. The van der Waals surface area contributed by atoms with Gasteiger partial charge in [-0.1, -0.05) is 6.08 Å². The summed E-state index contributed by atoms with van der Waals surface area (Å²) >= 11 is 0. The van der Waals surface area contributed by atoms with Crippen LogP contribution < -0.4 is 0 Å². The largest absolute Gasteiger partial charge is 0.375 e. The summed E-state index contributed by atoms with van der Waals surface area (Å²) in [6.45, 7) is 6.91. The number of carbonyl (C=O) groups excluding carboxylic acids is 1. The molecule has 1 atom stereocenters. The molecule has 0 aromatic carbocycles. The Labute approximate surface area is 125 Å². The van der Waals surface area contributed by atoms with Crippen LogP contribution in [0.15, 0.2) is 17.8 Å². The molecule has 5 heteroatoms. The van der Waals surface area contributed by atoms with Gasteiger partial charge >= 0.3 is 0 Å². The average Bonchev–Trinajstić information content (AvgIpc) is 3.15. The van der Waals surface area contributed by atoms with Crippen molar-refractivity contribution >= 4 is 5.91 Å². The SMILES string of the molecule is CCOCc1cnc2n1CCN(C(=O)C1=CCCC1)[C@@H]2C. The molecular weight excluding hydrogens is 266 g/mol. The van der Waals surface area contributed by atoms with Crippen LogP contribution in [-0.2, 0) is 22.7 Å². The number of hydrogen-bond acceptors (Lipinski definition) is 3. The highest BCUT2D eigenvalue weighted by Crippen LogP contribution is 2.29. The lowest BCUT2D eigenvalue weighted by Gasteiger charge is -2.34. The van der Waals surface area contributed by atoms with E-state index < -0.39 is 0 Å². The molecule has 5 nitrogen and oxygen atoms in total. The van der Waals surface area contributed by atoms with E-state index in [0.717, 1.165) is 49.4 Å². The molecule has 1 aromatic heterocycles. The molecule has 3 rings (SSSR count). The smallest absolute Gasteiger partial charge is 0.250 e. The maximum absolute atomic E-state index is 12.6. The first kappa shape index (κ1) is 14.3. The van der Waals surface area contributed by atoms with E-state index in [4.69, 9.17) is 4.74 Å². The zero-order valence-corrected chi connectivity index (χ0v) is 12.8. The van der Waals surface area contributed by atoms with Gasteiger partial charge in [-0.2, -0.15) is 0 Å². The van der Waals surface area contributed by atoms with Crippen LogP contribution in [0, 0.1) is 0 Å². The van der Waals surface area contributed by atoms with Gasteiger partial charge < -0.3 is 14.2 Å². The fourth-order valence-corrected chi connectivity index (χ4v) is 3.21. The van der Waals surface area contributed by atoms with E-state index in [-0.39, 0.29) is 11.9 Å². The van der Waals surface area contributed by atoms with Crippen molar-refractivity contribution in [2.45, 2.75) is 52.3 Å². The van der Waals surface area contributed by atoms with E-state index in [1.807, 2.05) is 18.0 Å². The summed E-state index contributed by atoms with van der Waals surface area (Å²) in [4.78, 5) is 19.1. The van der Waals surface area contributed by atoms with Crippen molar-refractivity contribution in [1.29, 1.82) is 0 Å². The number of rotatable bonds is 4. The number of imidazole rings is 1. The third kappa shape index (κ3) is 2.62. The molecule has 1 aliphatic carbocycles. The Morgan fingerprint density at radius 1 is 1.48 bits per heavy atom. The van der Waals surface area contributed by atoms with Crippen molar-refractivity contribution in [2.75, 3.05) is 13.2 Å². The number of carbonyl (C=O) groups is 1. The standard InChI is InChI=1S/C16H23N3O2/c1-3-21-11-14-10-17-15-12(2)18(8-9-19(14)15)16(20)13-6-4-5-7-13/h6,10,12H,3-5,7-9,11H2,1-2H3/t12-/m1/s1. The van der Waals surface area contributed by atoms with E-state index in [1.54, 1.807) is 0 Å². The molecule has 0 N–H and O–H groups in total. The minimum absolute atomic E-state index is 0.0307. The van der Waals surface area contributed by atoms with E-state index in [2.05, 4.69) is 22.6 Å². The minimum Gasteiger partial charge on any atom is -0.375 e. The predicted octanol–water partition coefficient (Wildman–Crippen LogP) is 2.43. The highest BCUT2D eigenvalue weighted by Gasteiger charge is 2.31. The number of nitrogens with zero attached hydrogens (tertiary/aromatic N) is 3. The Kier molecular flexibility index (Phi) is 4.10. The van der Waals surface area contributed by atoms with Crippen molar-refractivity contribution in [1.82, 2.24) is 14.5 Å². The molecule has 0 radical (unpaired) electrons. The van der Waals surface area contributed by atoms with Gasteiger partial charge in [0.15, 0.2) is 0 Å². The fraction of sp³-hybridized carbons (Fsp3) is 0.625. The van der Waals surface area contributed by atoms with Crippen molar-refractivity contribution in [3.05, 3.63) is 29.4 Å². The lowest BCUT2D eigenvalue weighted by molar-refractivity contribution is -0.130. The zero-order chi connectivity index (χ0) is 14.8. The van der Waals surface area contributed by atoms with Crippen LogP contribution in [0.2, 0.25) is 0 Å². The topological polar surface area (TPSA) is 47.4 Å². The number of ether oxygens (including phenoxy) is 1. The van der Waals surface area contributed by atoms with E-state index in [9.17, 15) is 4.79 Å². The van der Waals surface area contributed by atoms with Crippen LogP contribution in [0.1, 0.15) is 50.7 Å². The summed E-state index contributed by atoms with van der Waals surface area (Å²) in [5.74, 6) is 1.17. The van der Waals surface area contributed by atoms with Crippen molar-refractivity contribution in [2.24, 2.45) is 0 Å². The molecule has 0 bridgehead atoms. The molecule has 21 heavy (non-hydrogen) atoms.